The fraction of sp³-hybridized carbons (Fsp3) is 0.278. The SMILES string of the molecule is O=C(NCc1ccc(F)cc1)C(CCO)NCc1ccccc1. The van der Waals surface area contributed by atoms with Gasteiger partial charge in [-0.05, 0) is 29.7 Å². The van der Waals surface area contributed by atoms with Gasteiger partial charge in [0.15, 0.2) is 0 Å². The molecule has 0 radical (unpaired) electrons. The van der Waals surface area contributed by atoms with Crippen molar-refractivity contribution in [3.05, 3.63) is 71.5 Å². The molecule has 5 heteroatoms. The van der Waals surface area contributed by atoms with Gasteiger partial charge in [-0.3, -0.25) is 4.79 Å². The molecule has 0 bridgehead atoms. The molecule has 2 rings (SSSR count). The quantitative estimate of drug-likeness (QED) is 0.698. The lowest BCUT2D eigenvalue weighted by molar-refractivity contribution is -0.123. The molecule has 0 fully saturated rings. The summed E-state index contributed by atoms with van der Waals surface area (Å²) in [7, 11) is 0. The van der Waals surface area contributed by atoms with Crippen LogP contribution in [0.5, 0.6) is 0 Å². The van der Waals surface area contributed by atoms with Gasteiger partial charge in [0.1, 0.15) is 5.82 Å². The van der Waals surface area contributed by atoms with Gasteiger partial charge in [0.05, 0.1) is 6.04 Å². The molecule has 0 saturated heterocycles. The Morgan fingerprint density at radius 2 is 1.65 bits per heavy atom. The predicted octanol–water partition coefficient (Wildman–Crippen LogP) is 1.98. The van der Waals surface area contributed by atoms with Gasteiger partial charge in [-0.15, -0.1) is 0 Å². The maximum atomic E-state index is 12.9. The van der Waals surface area contributed by atoms with Gasteiger partial charge in [-0.1, -0.05) is 42.5 Å². The summed E-state index contributed by atoms with van der Waals surface area (Å²) in [5.74, 6) is -0.484. The van der Waals surface area contributed by atoms with Crippen LogP contribution in [-0.4, -0.2) is 23.7 Å². The van der Waals surface area contributed by atoms with Crippen LogP contribution in [0.2, 0.25) is 0 Å². The molecule has 1 atom stereocenters. The Morgan fingerprint density at radius 1 is 1.00 bits per heavy atom. The van der Waals surface area contributed by atoms with Crippen molar-refractivity contribution in [2.45, 2.75) is 25.6 Å². The van der Waals surface area contributed by atoms with Crippen molar-refractivity contribution in [1.29, 1.82) is 0 Å². The van der Waals surface area contributed by atoms with Gasteiger partial charge in [0, 0.05) is 19.7 Å². The van der Waals surface area contributed by atoms with Gasteiger partial charge >= 0.3 is 0 Å². The molecule has 122 valence electrons. The van der Waals surface area contributed by atoms with E-state index in [1.54, 1.807) is 12.1 Å². The second-order valence-corrected chi connectivity index (χ2v) is 5.28. The Balaban J connectivity index is 1.86. The smallest absolute Gasteiger partial charge is 0.237 e. The molecular weight excluding hydrogens is 295 g/mol. The zero-order valence-electron chi connectivity index (χ0n) is 12.8. The summed E-state index contributed by atoms with van der Waals surface area (Å²) < 4.78 is 12.9. The third-order valence-corrected chi connectivity index (χ3v) is 3.51. The maximum Gasteiger partial charge on any atom is 0.237 e. The summed E-state index contributed by atoms with van der Waals surface area (Å²) in [6, 6.07) is 15.3. The van der Waals surface area contributed by atoms with Crippen molar-refractivity contribution in [3.63, 3.8) is 0 Å². The van der Waals surface area contributed by atoms with E-state index in [0.29, 0.717) is 19.5 Å². The zero-order valence-corrected chi connectivity index (χ0v) is 12.8. The van der Waals surface area contributed by atoms with E-state index in [1.165, 1.54) is 12.1 Å². The lowest BCUT2D eigenvalue weighted by Gasteiger charge is -2.17. The Morgan fingerprint density at radius 3 is 2.30 bits per heavy atom. The van der Waals surface area contributed by atoms with Crippen molar-refractivity contribution in [1.82, 2.24) is 10.6 Å². The normalized spacial score (nSPS) is 11.9. The molecule has 0 saturated carbocycles. The number of carbonyl (C=O) groups is 1. The lowest BCUT2D eigenvalue weighted by Crippen LogP contribution is -2.44. The molecule has 0 aliphatic rings. The summed E-state index contributed by atoms with van der Waals surface area (Å²) in [6.07, 6.45) is 0.335. The van der Waals surface area contributed by atoms with Crippen LogP contribution in [0.1, 0.15) is 17.5 Å². The van der Waals surface area contributed by atoms with E-state index in [2.05, 4.69) is 10.6 Å². The van der Waals surface area contributed by atoms with E-state index >= 15 is 0 Å². The number of aliphatic hydroxyl groups is 1. The maximum absolute atomic E-state index is 12.9. The standard InChI is InChI=1S/C18H21FN2O2/c19-16-8-6-15(7-9-16)13-21-18(23)17(10-11-22)20-12-14-4-2-1-3-5-14/h1-9,17,20,22H,10-13H2,(H,21,23). The summed E-state index contributed by atoms with van der Waals surface area (Å²) in [6.45, 7) is 0.806. The Hall–Kier alpha value is -2.24. The highest BCUT2D eigenvalue weighted by Gasteiger charge is 2.16. The molecule has 0 spiro atoms. The van der Waals surface area contributed by atoms with Crippen molar-refractivity contribution in [2.75, 3.05) is 6.61 Å². The molecule has 4 nitrogen and oxygen atoms in total. The first-order valence-electron chi connectivity index (χ1n) is 7.59. The second kappa shape index (κ2) is 9.02. The molecule has 1 unspecified atom stereocenters. The van der Waals surface area contributed by atoms with E-state index in [9.17, 15) is 9.18 Å². The Bertz CT molecular complexity index is 602. The minimum Gasteiger partial charge on any atom is -0.396 e. The highest BCUT2D eigenvalue weighted by atomic mass is 19.1. The molecule has 23 heavy (non-hydrogen) atoms. The number of hydrogen-bond donors (Lipinski definition) is 3. The van der Waals surface area contributed by atoms with Crippen LogP contribution in [0.3, 0.4) is 0 Å². The highest BCUT2D eigenvalue weighted by molar-refractivity contribution is 5.81. The van der Waals surface area contributed by atoms with Gasteiger partial charge in [-0.25, -0.2) is 4.39 Å². The van der Waals surface area contributed by atoms with Crippen LogP contribution in [-0.2, 0) is 17.9 Å². The first kappa shape index (κ1) is 17.1. The van der Waals surface area contributed by atoms with Crippen molar-refractivity contribution in [2.24, 2.45) is 0 Å². The topological polar surface area (TPSA) is 61.4 Å². The fourth-order valence-electron chi connectivity index (χ4n) is 2.21. The summed E-state index contributed by atoms with van der Waals surface area (Å²) in [4.78, 5) is 12.2. The number of rotatable bonds is 8. The molecule has 0 aliphatic carbocycles. The van der Waals surface area contributed by atoms with E-state index in [-0.39, 0.29) is 18.3 Å². The van der Waals surface area contributed by atoms with Gasteiger partial charge in [-0.2, -0.15) is 0 Å². The molecule has 2 aromatic carbocycles. The minimum absolute atomic E-state index is 0.0730. The predicted molar refractivity (Wildman–Crippen MR) is 87.0 cm³/mol. The summed E-state index contributed by atoms with van der Waals surface area (Å²) in [5.41, 5.74) is 1.90. The molecular formula is C18H21FN2O2. The van der Waals surface area contributed by atoms with E-state index < -0.39 is 6.04 Å². The lowest BCUT2D eigenvalue weighted by atomic mass is 10.1. The largest absolute Gasteiger partial charge is 0.396 e. The third kappa shape index (κ3) is 5.81. The third-order valence-electron chi connectivity index (χ3n) is 3.51. The van der Waals surface area contributed by atoms with Crippen molar-refractivity contribution < 1.29 is 14.3 Å². The Labute approximate surface area is 135 Å². The van der Waals surface area contributed by atoms with Crippen LogP contribution in [0, 0.1) is 5.82 Å². The number of halogens is 1. The van der Waals surface area contributed by atoms with E-state index in [4.69, 9.17) is 5.11 Å². The molecule has 0 aromatic heterocycles. The summed E-state index contributed by atoms with van der Waals surface area (Å²) in [5, 5.41) is 15.1. The van der Waals surface area contributed by atoms with Crippen molar-refractivity contribution >= 4 is 5.91 Å². The number of amides is 1. The first-order chi connectivity index (χ1) is 11.2. The molecule has 3 N–H and O–H groups in total. The molecule has 1 amide bonds. The zero-order chi connectivity index (χ0) is 16.5. The van der Waals surface area contributed by atoms with Crippen LogP contribution in [0.25, 0.3) is 0 Å². The number of carbonyl (C=O) groups excluding carboxylic acids is 1. The number of nitrogens with one attached hydrogen (secondary N) is 2. The Kier molecular flexibility index (Phi) is 6.72. The van der Waals surface area contributed by atoms with Crippen LogP contribution in [0.4, 0.5) is 4.39 Å². The van der Waals surface area contributed by atoms with Gasteiger partial charge < -0.3 is 15.7 Å². The molecule has 0 heterocycles. The van der Waals surface area contributed by atoms with Gasteiger partial charge in [0.25, 0.3) is 0 Å². The van der Waals surface area contributed by atoms with Crippen LogP contribution >= 0.6 is 0 Å². The van der Waals surface area contributed by atoms with Crippen LogP contribution < -0.4 is 10.6 Å². The van der Waals surface area contributed by atoms with Crippen LogP contribution in [0.15, 0.2) is 54.6 Å². The molecule has 0 aliphatic heterocycles. The van der Waals surface area contributed by atoms with E-state index in [1.807, 2.05) is 30.3 Å². The monoisotopic (exact) mass is 316 g/mol. The van der Waals surface area contributed by atoms with E-state index in [0.717, 1.165) is 11.1 Å². The number of hydrogen-bond acceptors (Lipinski definition) is 3. The average Bonchev–Trinajstić information content (AvgIpc) is 2.58. The summed E-state index contributed by atoms with van der Waals surface area (Å²) >= 11 is 0. The number of benzene rings is 2. The second-order valence-electron chi connectivity index (χ2n) is 5.28. The minimum atomic E-state index is -0.472. The number of aliphatic hydroxyl groups excluding tert-OH is 1. The highest BCUT2D eigenvalue weighted by Crippen LogP contribution is 2.04. The molecule has 2 aromatic rings. The van der Waals surface area contributed by atoms with Gasteiger partial charge in [0.2, 0.25) is 5.91 Å². The first-order valence-corrected chi connectivity index (χ1v) is 7.59. The fourth-order valence-corrected chi connectivity index (χ4v) is 2.21. The van der Waals surface area contributed by atoms with Crippen molar-refractivity contribution in [3.8, 4) is 0 Å². The average molecular weight is 316 g/mol.